The van der Waals surface area contributed by atoms with Crippen LogP contribution in [0.25, 0.3) is 0 Å². The number of nitrogens with one attached hydrogen (secondary N) is 1. The first-order valence-corrected chi connectivity index (χ1v) is 8.84. The molecule has 1 heterocycles. The molecule has 0 aromatic heterocycles. The van der Waals surface area contributed by atoms with Gasteiger partial charge in [0.25, 0.3) is 0 Å². The molecule has 2 aromatic rings. The Morgan fingerprint density at radius 2 is 1.46 bits per heavy atom. The van der Waals surface area contributed by atoms with Gasteiger partial charge in [-0.2, -0.15) is 0 Å². The molecule has 1 saturated heterocycles. The summed E-state index contributed by atoms with van der Waals surface area (Å²) in [5.74, 6) is 0.381. The Kier molecular flexibility index (Phi) is 5.31. The molecule has 2 N–H and O–H groups in total. The maximum absolute atomic E-state index is 9.75. The summed E-state index contributed by atoms with van der Waals surface area (Å²) in [6.07, 6.45) is 2.08. The van der Waals surface area contributed by atoms with E-state index in [4.69, 9.17) is 0 Å². The summed E-state index contributed by atoms with van der Waals surface area (Å²) in [6, 6.07) is 21.3. The molecule has 3 heteroatoms. The first-order valence-electron chi connectivity index (χ1n) is 8.84. The quantitative estimate of drug-likeness (QED) is 0.617. The summed E-state index contributed by atoms with van der Waals surface area (Å²) in [5.41, 5.74) is 3.41. The van der Waals surface area contributed by atoms with Gasteiger partial charge >= 0.3 is 0 Å². The minimum atomic E-state index is 0.149. The number of piperidine rings is 1. The van der Waals surface area contributed by atoms with Gasteiger partial charge < -0.3 is 10.5 Å². The molecule has 0 aliphatic carbocycles. The topological polar surface area (TPSA) is 44.6 Å². The van der Waals surface area contributed by atoms with Crippen molar-refractivity contribution >= 4 is 5.71 Å². The van der Waals surface area contributed by atoms with Gasteiger partial charge in [0, 0.05) is 23.9 Å². The second kappa shape index (κ2) is 7.63. The predicted molar refractivity (Wildman–Crippen MR) is 98.3 cm³/mol. The molecular formula is C21H26N2O. The third-order valence-corrected chi connectivity index (χ3v) is 5.14. The summed E-state index contributed by atoms with van der Waals surface area (Å²) >= 11 is 0. The van der Waals surface area contributed by atoms with Crippen molar-refractivity contribution < 1.29 is 5.21 Å². The Hall–Kier alpha value is -2.13. The van der Waals surface area contributed by atoms with Gasteiger partial charge in [-0.1, -0.05) is 86.1 Å². The molecule has 126 valence electrons. The molecule has 0 amide bonds. The summed E-state index contributed by atoms with van der Waals surface area (Å²) in [7, 11) is 0. The maximum Gasteiger partial charge on any atom is 0.0667 e. The molecule has 0 radical (unpaired) electrons. The molecule has 3 rings (SSSR count). The van der Waals surface area contributed by atoms with E-state index in [9.17, 15) is 5.21 Å². The molecule has 0 bridgehead atoms. The van der Waals surface area contributed by atoms with Gasteiger partial charge in [-0.25, -0.2) is 0 Å². The van der Waals surface area contributed by atoms with Crippen LogP contribution in [0.2, 0.25) is 0 Å². The molecule has 24 heavy (non-hydrogen) atoms. The van der Waals surface area contributed by atoms with Crippen LogP contribution < -0.4 is 5.32 Å². The van der Waals surface area contributed by atoms with Crippen LogP contribution in [0.15, 0.2) is 65.8 Å². The lowest BCUT2D eigenvalue weighted by Gasteiger charge is -2.42. The van der Waals surface area contributed by atoms with Crippen LogP contribution in [-0.2, 0) is 0 Å². The van der Waals surface area contributed by atoms with Crippen molar-refractivity contribution in [3.8, 4) is 0 Å². The fraction of sp³-hybridized carbons (Fsp3) is 0.381. The van der Waals surface area contributed by atoms with E-state index in [1.807, 2.05) is 12.1 Å². The molecule has 0 unspecified atom stereocenters. The lowest BCUT2D eigenvalue weighted by Crippen LogP contribution is -2.47. The molecule has 2 aromatic carbocycles. The van der Waals surface area contributed by atoms with E-state index < -0.39 is 0 Å². The van der Waals surface area contributed by atoms with E-state index in [1.165, 1.54) is 11.1 Å². The zero-order valence-corrected chi connectivity index (χ0v) is 14.4. The Bertz CT molecular complexity index is 669. The van der Waals surface area contributed by atoms with Gasteiger partial charge in [0.1, 0.15) is 0 Å². The highest BCUT2D eigenvalue weighted by molar-refractivity contribution is 5.90. The van der Waals surface area contributed by atoms with Crippen molar-refractivity contribution in [2.24, 2.45) is 17.0 Å². The van der Waals surface area contributed by atoms with Gasteiger partial charge in [0.15, 0.2) is 0 Å². The fourth-order valence-electron chi connectivity index (χ4n) is 3.96. The van der Waals surface area contributed by atoms with Gasteiger partial charge in [-0.05, 0) is 17.5 Å². The Balaban J connectivity index is 2.01. The number of oxime groups is 1. The van der Waals surface area contributed by atoms with Crippen LogP contribution >= 0.6 is 0 Å². The summed E-state index contributed by atoms with van der Waals surface area (Å²) in [4.78, 5) is 0. The smallest absolute Gasteiger partial charge is 0.0667 e. The third kappa shape index (κ3) is 3.22. The molecule has 3 nitrogen and oxygen atoms in total. The third-order valence-electron chi connectivity index (χ3n) is 5.14. The van der Waals surface area contributed by atoms with Gasteiger partial charge in [-0.3, -0.25) is 0 Å². The average Bonchev–Trinajstić information content (AvgIpc) is 2.64. The van der Waals surface area contributed by atoms with Gasteiger partial charge in [-0.15, -0.1) is 0 Å². The van der Waals surface area contributed by atoms with E-state index >= 15 is 0 Å². The largest absolute Gasteiger partial charge is 0.411 e. The first-order chi connectivity index (χ1) is 11.8. The zero-order valence-electron chi connectivity index (χ0n) is 14.4. The monoisotopic (exact) mass is 322 g/mol. The molecule has 0 spiro atoms. The second-order valence-electron chi connectivity index (χ2n) is 6.65. The number of rotatable bonds is 4. The highest BCUT2D eigenvalue weighted by Crippen LogP contribution is 2.40. The average molecular weight is 322 g/mol. The molecule has 4 atom stereocenters. The number of benzene rings is 2. The lowest BCUT2D eigenvalue weighted by atomic mass is 9.73. The second-order valence-corrected chi connectivity index (χ2v) is 6.65. The summed E-state index contributed by atoms with van der Waals surface area (Å²) in [6.45, 7) is 4.34. The highest BCUT2D eigenvalue weighted by atomic mass is 16.4. The van der Waals surface area contributed by atoms with Crippen molar-refractivity contribution in [1.29, 1.82) is 0 Å². The van der Waals surface area contributed by atoms with Crippen LogP contribution in [0.4, 0.5) is 0 Å². The van der Waals surface area contributed by atoms with Crippen LogP contribution in [0.5, 0.6) is 0 Å². The number of nitrogens with zero attached hydrogens (tertiary/aromatic N) is 1. The lowest BCUT2D eigenvalue weighted by molar-refractivity contribution is 0.258. The number of hydrogen-bond donors (Lipinski definition) is 2. The van der Waals surface area contributed by atoms with Crippen molar-refractivity contribution in [2.75, 3.05) is 0 Å². The fourth-order valence-corrected chi connectivity index (χ4v) is 3.96. The normalized spacial score (nSPS) is 28.8. The Morgan fingerprint density at radius 3 is 1.96 bits per heavy atom. The van der Waals surface area contributed by atoms with Crippen molar-refractivity contribution in [2.45, 2.75) is 38.8 Å². The summed E-state index contributed by atoms with van der Waals surface area (Å²) < 4.78 is 0. The Labute approximate surface area is 144 Å². The molecule has 1 fully saturated rings. The van der Waals surface area contributed by atoms with Crippen molar-refractivity contribution in [3.05, 3.63) is 71.8 Å². The highest BCUT2D eigenvalue weighted by Gasteiger charge is 2.40. The molecular weight excluding hydrogens is 296 g/mol. The maximum atomic E-state index is 9.75. The van der Waals surface area contributed by atoms with Crippen LogP contribution in [0.1, 0.15) is 49.9 Å². The van der Waals surface area contributed by atoms with Gasteiger partial charge in [0.05, 0.1) is 5.71 Å². The SMILES string of the molecule is CCC[C@@H]1/C(=N/O)[C@H](C)[C@H](c2ccccc2)N[C@H]1c1ccccc1. The zero-order chi connectivity index (χ0) is 16.9. The van der Waals surface area contributed by atoms with Crippen LogP contribution in [0.3, 0.4) is 0 Å². The minimum Gasteiger partial charge on any atom is -0.411 e. The van der Waals surface area contributed by atoms with E-state index in [2.05, 4.69) is 72.9 Å². The summed E-state index contributed by atoms with van der Waals surface area (Å²) in [5, 5.41) is 17.3. The van der Waals surface area contributed by atoms with Crippen molar-refractivity contribution in [1.82, 2.24) is 5.32 Å². The predicted octanol–water partition coefficient (Wildman–Crippen LogP) is 4.95. The molecule has 1 aliphatic heterocycles. The van der Waals surface area contributed by atoms with E-state index in [0.29, 0.717) is 0 Å². The Morgan fingerprint density at radius 1 is 0.917 bits per heavy atom. The molecule has 0 saturated carbocycles. The van der Waals surface area contributed by atoms with Crippen molar-refractivity contribution in [3.63, 3.8) is 0 Å². The van der Waals surface area contributed by atoms with E-state index in [0.717, 1.165) is 18.6 Å². The van der Waals surface area contributed by atoms with Gasteiger partial charge in [0.2, 0.25) is 0 Å². The molecule has 1 aliphatic rings. The van der Waals surface area contributed by atoms with Crippen LogP contribution in [0, 0.1) is 11.8 Å². The minimum absolute atomic E-state index is 0.149. The van der Waals surface area contributed by atoms with Crippen LogP contribution in [-0.4, -0.2) is 10.9 Å². The van der Waals surface area contributed by atoms with E-state index in [1.54, 1.807) is 0 Å². The first kappa shape index (κ1) is 16.7. The standard InChI is InChI=1S/C21H26N2O/c1-3-10-18-20(23-24)15(2)19(16-11-6-4-7-12-16)22-21(18)17-13-8-5-9-14-17/h4-9,11-15,18-19,21-22,24H,3,10H2,1-2H3/b23-20+/t15-,18-,19-,21+/m1/s1. The number of hydrogen-bond acceptors (Lipinski definition) is 3. The van der Waals surface area contributed by atoms with E-state index in [-0.39, 0.29) is 23.9 Å².